The summed E-state index contributed by atoms with van der Waals surface area (Å²) in [5.41, 5.74) is 0.403. The molecule has 1 fully saturated rings. The molecule has 110 valence electrons. The highest BCUT2D eigenvalue weighted by molar-refractivity contribution is 5.35. The average molecular weight is 280 g/mol. The largest absolute Gasteiger partial charge is 0.317 e. The van der Waals surface area contributed by atoms with Crippen molar-refractivity contribution in [3.05, 3.63) is 39.7 Å². The van der Waals surface area contributed by atoms with E-state index >= 15 is 0 Å². The Morgan fingerprint density at radius 3 is 2.75 bits per heavy atom. The topological polar surface area (TPSA) is 55.2 Å². The summed E-state index contributed by atoms with van der Waals surface area (Å²) in [7, 11) is 1.97. The summed E-state index contributed by atoms with van der Waals surface area (Å²) >= 11 is 0. The molecule has 0 amide bonds. The van der Waals surface area contributed by atoms with Gasteiger partial charge in [0, 0.05) is 12.1 Å². The second-order valence-electron chi connectivity index (χ2n) is 5.54. The molecule has 5 heteroatoms. The van der Waals surface area contributed by atoms with Gasteiger partial charge in [0.2, 0.25) is 5.82 Å². The van der Waals surface area contributed by atoms with Gasteiger partial charge < -0.3 is 5.32 Å². The van der Waals surface area contributed by atoms with Crippen LogP contribution < -0.4 is 5.32 Å². The number of nitro groups is 1. The molecule has 1 saturated carbocycles. The highest BCUT2D eigenvalue weighted by Crippen LogP contribution is 2.28. The van der Waals surface area contributed by atoms with E-state index in [-0.39, 0.29) is 0 Å². The SMILES string of the molecule is CNC1CCCCCC1Cc1ccc([N+](=O)[O-])c(F)c1. The van der Waals surface area contributed by atoms with Gasteiger partial charge in [-0.15, -0.1) is 0 Å². The molecule has 0 aliphatic heterocycles. The molecular formula is C15H21FN2O2. The Labute approximate surface area is 118 Å². The molecule has 2 atom stereocenters. The summed E-state index contributed by atoms with van der Waals surface area (Å²) in [5, 5.41) is 14.0. The van der Waals surface area contributed by atoms with Gasteiger partial charge in [0.15, 0.2) is 0 Å². The standard InChI is InChI=1S/C15H21FN2O2/c1-17-14-6-4-2-3-5-12(14)9-11-7-8-15(18(19)20)13(16)10-11/h7-8,10,12,14,17H,2-6,9H2,1H3. The molecule has 0 saturated heterocycles. The van der Waals surface area contributed by atoms with Crippen molar-refractivity contribution >= 4 is 5.69 Å². The third-order valence-electron chi connectivity index (χ3n) is 4.24. The summed E-state index contributed by atoms with van der Waals surface area (Å²) in [6, 6.07) is 4.72. The van der Waals surface area contributed by atoms with Crippen LogP contribution >= 0.6 is 0 Å². The fraction of sp³-hybridized carbons (Fsp3) is 0.600. The number of hydrogen-bond donors (Lipinski definition) is 1. The third kappa shape index (κ3) is 3.54. The maximum absolute atomic E-state index is 13.7. The fourth-order valence-corrected chi connectivity index (χ4v) is 3.14. The lowest BCUT2D eigenvalue weighted by Gasteiger charge is -2.24. The van der Waals surface area contributed by atoms with Crippen molar-refractivity contribution in [1.29, 1.82) is 0 Å². The van der Waals surface area contributed by atoms with Crippen molar-refractivity contribution in [2.45, 2.75) is 44.6 Å². The van der Waals surface area contributed by atoms with E-state index in [9.17, 15) is 14.5 Å². The van der Waals surface area contributed by atoms with Crippen LogP contribution in [0, 0.1) is 21.8 Å². The van der Waals surface area contributed by atoms with Crippen molar-refractivity contribution in [1.82, 2.24) is 5.32 Å². The maximum atomic E-state index is 13.7. The lowest BCUT2D eigenvalue weighted by Crippen LogP contribution is -2.33. The van der Waals surface area contributed by atoms with Crippen LogP contribution in [0.5, 0.6) is 0 Å². The van der Waals surface area contributed by atoms with Crippen molar-refractivity contribution in [3.8, 4) is 0 Å². The predicted octanol–water partition coefficient (Wildman–Crippen LogP) is 3.44. The third-order valence-corrected chi connectivity index (χ3v) is 4.24. The van der Waals surface area contributed by atoms with Crippen molar-refractivity contribution in [2.75, 3.05) is 7.05 Å². The van der Waals surface area contributed by atoms with E-state index in [4.69, 9.17) is 0 Å². The van der Waals surface area contributed by atoms with Gasteiger partial charge >= 0.3 is 5.69 Å². The van der Waals surface area contributed by atoms with Crippen molar-refractivity contribution < 1.29 is 9.31 Å². The highest BCUT2D eigenvalue weighted by atomic mass is 19.1. The number of benzene rings is 1. The quantitative estimate of drug-likeness (QED) is 0.522. The molecular weight excluding hydrogens is 259 g/mol. The fourth-order valence-electron chi connectivity index (χ4n) is 3.14. The molecule has 20 heavy (non-hydrogen) atoms. The van der Waals surface area contributed by atoms with Crippen LogP contribution in [0.25, 0.3) is 0 Å². The monoisotopic (exact) mass is 280 g/mol. The van der Waals surface area contributed by atoms with Crippen LogP contribution in [-0.4, -0.2) is 18.0 Å². The van der Waals surface area contributed by atoms with Crippen LogP contribution in [0.3, 0.4) is 0 Å². The molecule has 1 aromatic rings. The summed E-state index contributed by atoms with van der Waals surface area (Å²) in [6.07, 6.45) is 6.75. The predicted molar refractivity (Wildman–Crippen MR) is 76.2 cm³/mol. The Bertz CT molecular complexity index is 479. The Kier molecular flexibility index (Phi) is 5.06. The van der Waals surface area contributed by atoms with E-state index in [2.05, 4.69) is 5.32 Å². The molecule has 0 radical (unpaired) electrons. The van der Waals surface area contributed by atoms with Gasteiger partial charge in [0.05, 0.1) is 4.92 Å². The minimum absolute atomic E-state index is 0.445. The molecule has 1 aliphatic carbocycles. The molecule has 2 unspecified atom stereocenters. The van der Waals surface area contributed by atoms with E-state index in [0.717, 1.165) is 24.8 Å². The van der Waals surface area contributed by atoms with Crippen LogP contribution in [0.2, 0.25) is 0 Å². The Morgan fingerprint density at radius 2 is 2.10 bits per heavy atom. The second-order valence-corrected chi connectivity index (χ2v) is 5.54. The minimum atomic E-state index is -0.734. The Hall–Kier alpha value is -1.49. The summed E-state index contributed by atoms with van der Waals surface area (Å²) in [4.78, 5) is 9.94. The number of nitrogens with one attached hydrogen (secondary N) is 1. The number of nitrogens with zero attached hydrogens (tertiary/aromatic N) is 1. The van der Waals surface area contributed by atoms with Crippen LogP contribution in [-0.2, 0) is 6.42 Å². The van der Waals surface area contributed by atoms with Gasteiger partial charge in [-0.3, -0.25) is 10.1 Å². The molecule has 1 aromatic carbocycles. The molecule has 0 heterocycles. The summed E-state index contributed by atoms with van der Waals surface area (Å²) in [5.74, 6) is -0.259. The van der Waals surface area contributed by atoms with Crippen LogP contribution in [0.15, 0.2) is 18.2 Å². The Balaban J connectivity index is 2.11. The molecule has 0 bridgehead atoms. The van der Waals surface area contributed by atoms with Gasteiger partial charge in [-0.2, -0.15) is 4.39 Å². The number of halogens is 1. The van der Waals surface area contributed by atoms with Gasteiger partial charge in [-0.25, -0.2) is 0 Å². The molecule has 0 aromatic heterocycles. The number of nitro benzene ring substituents is 1. The van der Waals surface area contributed by atoms with E-state index < -0.39 is 16.4 Å². The zero-order valence-corrected chi connectivity index (χ0v) is 11.8. The molecule has 2 rings (SSSR count). The first kappa shape index (κ1) is 14.9. The first-order valence-electron chi connectivity index (χ1n) is 7.22. The van der Waals surface area contributed by atoms with Crippen LogP contribution in [0.1, 0.15) is 37.7 Å². The van der Waals surface area contributed by atoms with E-state index in [1.807, 2.05) is 7.05 Å². The number of rotatable bonds is 4. The first-order chi connectivity index (χ1) is 9.61. The molecule has 4 nitrogen and oxygen atoms in total. The normalized spacial score (nSPS) is 23.3. The minimum Gasteiger partial charge on any atom is -0.317 e. The van der Waals surface area contributed by atoms with Crippen LogP contribution in [0.4, 0.5) is 10.1 Å². The van der Waals surface area contributed by atoms with Gasteiger partial charge in [0.1, 0.15) is 0 Å². The van der Waals surface area contributed by atoms with Crippen molar-refractivity contribution in [2.24, 2.45) is 5.92 Å². The lowest BCUT2D eigenvalue weighted by atomic mass is 9.88. The van der Waals surface area contributed by atoms with E-state index in [1.165, 1.54) is 31.4 Å². The second kappa shape index (κ2) is 6.79. The highest BCUT2D eigenvalue weighted by Gasteiger charge is 2.23. The summed E-state index contributed by atoms with van der Waals surface area (Å²) in [6.45, 7) is 0. The maximum Gasteiger partial charge on any atom is 0.304 e. The first-order valence-corrected chi connectivity index (χ1v) is 7.22. The van der Waals surface area contributed by atoms with Crippen molar-refractivity contribution in [3.63, 3.8) is 0 Å². The lowest BCUT2D eigenvalue weighted by molar-refractivity contribution is -0.387. The van der Waals surface area contributed by atoms with Gasteiger partial charge in [0.25, 0.3) is 0 Å². The molecule has 0 spiro atoms. The smallest absolute Gasteiger partial charge is 0.304 e. The van der Waals surface area contributed by atoms with E-state index in [1.54, 1.807) is 6.07 Å². The summed E-state index contributed by atoms with van der Waals surface area (Å²) < 4.78 is 13.7. The number of hydrogen-bond acceptors (Lipinski definition) is 3. The molecule has 1 aliphatic rings. The average Bonchev–Trinajstić information content (AvgIpc) is 2.63. The van der Waals surface area contributed by atoms with Gasteiger partial charge in [-0.05, 0) is 43.9 Å². The Morgan fingerprint density at radius 1 is 1.35 bits per heavy atom. The van der Waals surface area contributed by atoms with Gasteiger partial charge in [-0.1, -0.05) is 25.3 Å². The zero-order chi connectivity index (χ0) is 14.5. The zero-order valence-electron chi connectivity index (χ0n) is 11.8. The molecule has 1 N–H and O–H groups in total. The van der Waals surface area contributed by atoms with E-state index in [0.29, 0.717) is 12.0 Å².